The second-order valence-corrected chi connectivity index (χ2v) is 5.28. The number of hydrogen-bond acceptors (Lipinski definition) is 5. The molecule has 1 amide bonds. The highest BCUT2D eigenvalue weighted by molar-refractivity contribution is 7.17. The third kappa shape index (κ3) is 3.61. The predicted octanol–water partition coefficient (Wildman–Crippen LogP) is 2.28. The molecule has 0 spiro atoms. The topological polar surface area (TPSA) is 64.1 Å². The van der Waals surface area contributed by atoms with Gasteiger partial charge in [-0.3, -0.25) is 9.78 Å². The monoisotopic (exact) mass is 291 g/mol. The minimum Gasteiger partial charge on any atom is -0.385 e. The Bertz CT molecular complexity index is 569. The zero-order valence-corrected chi connectivity index (χ0v) is 12.4. The third-order valence-electron chi connectivity index (χ3n) is 2.72. The zero-order chi connectivity index (χ0) is 14.4. The molecule has 2 rings (SSSR count). The smallest absolute Gasteiger partial charge is 0.263 e. The minimum atomic E-state index is -0.0776. The van der Waals surface area contributed by atoms with Crippen LogP contribution in [0, 0.1) is 6.92 Å². The van der Waals surface area contributed by atoms with E-state index in [0.717, 1.165) is 22.7 Å². The lowest BCUT2D eigenvalue weighted by molar-refractivity contribution is 0.0952. The second-order valence-electron chi connectivity index (χ2n) is 4.28. The van der Waals surface area contributed by atoms with Gasteiger partial charge >= 0.3 is 0 Å². The Morgan fingerprint density at radius 3 is 3.05 bits per heavy atom. The molecule has 2 heterocycles. The summed E-state index contributed by atoms with van der Waals surface area (Å²) in [4.78, 5) is 21.2. The summed E-state index contributed by atoms with van der Waals surface area (Å²) >= 11 is 1.39. The third-order valence-corrected chi connectivity index (χ3v) is 3.93. The maximum absolute atomic E-state index is 12.1. The van der Waals surface area contributed by atoms with Crippen LogP contribution >= 0.6 is 11.3 Å². The summed E-state index contributed by atoms with van der Waals surface area (Å²) in [6.45, 7) is 3.09. The Morgan fingerprint density at radius 2 is 2.35 bits per heavy atom. The molecule has 5 nitrogen and oxygen atoms in total. The van der Waals surface area contributed by atoms with Crippen LogP contribution in [0.5, 0.6) is 0 Å². The van der Waals surface area contributed by atoms with Crippen molar-refractivity contribution in [2.24, 2.45) is 0 Å². The molecule has 2 aromatic rings. The van der Waals surface area contributed by atoms with Crippen LogP contribution in [0.4, 0.5) is 0 Å². The van der Waals surface area contributed by atoms with Crippen molar-refractivity contribution in [3.05, 3.63) is 35.1 Å². The number of carbonyl (C=O) groups excluding carboxylic acids is 1. The van der Waals surface area contributed by atoms with E-state index in [1.807, 2.05) is 19.1 Å². The molecule has 0 unspecified atom stereocenters. The molecule has 0 aliphatic heterocycles. The summed E-state index contributed by atoms with van der Waals surface area (Å²) < 4.78 is 4.95. The highest BCUT2D eigenvalue weighted by atomic mass is 32.1. The number of aromatic nitrogens is 2. The Hall–Kier alpha value is -1.79. The SMILES string of the molecule is COCCCNC(=O)c1sc(-c2cccnc2)nc1C. The Morgan fingerprint density at radius 1 is 1.50 bits per heavy atom. The molecule has 0 bridgehead atoms. The number of ether oxygens (including phenoxy) is 1. The van der Waals surface area contributed by atoms with Crippen molar-refractivity contribution in [2.45, 2.75) is 13.3 Å². The molecule has 1 N–H and O–H groups in total. The van der Waals surface area contributed by atoms with Crippen LogP contribution in [-0.2, 0) is 4.74 Å². The molecule has 0 saturated heterocycles. The summed E-state index contributed by atoms with van der Waals surface area (Å²) in [6, 6.07) is 3.79. The van der Waals surface area contributed by atoms with Gasteiger partial charge in [-0.1, -0.05) is 0 Å². The van der Waals surface area contributed by atoms with Crippen molar-refractivity contribution in [3.8, 4) is 10.6 Å². The van der Waals surface area contributed by atoms with Crippen LogP contribution in [0.1, 0.15) is 21.8 Å². The first-order chi connectivity index (χ1) is 9.72. The number of hydrogen-bond donors (Lipinski definition) is 1. The molecule has 106 valence electrons. The number of nitrogens with zero attached hydrogens (tertiary/aromatic N) is 2. The lowest BCUT2D eigenvalue weighted by atomic mass is 10.3. The summed E-state index contributed by atoms with van der Waals surface area (Å²) in [5, 5.41) is 3.69. The predicted molar refractivity (Wildman–Crippen MR) is 78.9 cm³/mol. The van der Waals surface area contributed by atoms with Gasteiger partial charge in [-0.05, 0) is 25.5 Å². The van der Waals surface area contributed by atoms with Crippen molar-refractivity contribution in [1.29, 1.82) is 0 Å². The van der Waals surface area contributed by atoms with Gasteiger partial charge in [-0.15, -0.1) is 11.3 Å². The van der Waals surface area contributed by atoms with E-state index < -0.39 is 0 Å². The molecule has 0 saturated carbocycles. The van der Waals surface area contributed by atoms with Crippen molar-refractivity contribution in [3.63, 3.8) is 0 Å². The van der Waals surface area contributed by atoms with Gasteiger partial charge in [-0.25, -0.2) is 4.98 Å². The van der Waals surface area contributed by atoms with Crippen LogP contribution in [0.15, 0.2) is 24.5 Å². The Labute approximate surface area is 122 Å². The zero-order valence-electron chi connectivity index (χ0n) is 11.5. The summed E-state index contributed by atoms with van der Waals surface area (Å²) in [7, 11) is 1.65. The number of amides is 1. The van der Waals surface area contributed by atoms with E-state index >= 15 is 0 Å². The summed E-state index contributed by atoms with van der Waals surface area (Å²) in [5.74, 6) is -0.0776. The number of carbonyl (C=O) groups is 1. The molecule has 6 heteroatoms. The number of nitrogens with one attached hydrogen (secondary N) is 1. The number of methoxy groups -OCH3 is 1. The standard InChI is InChI=1S/C14H17N3O2S/c1-10-12(13(18)16-7-4-8-19-2)20-14(17-10)11-5-3-6-15-9-11/h3,5-6,9H,4,7-8H2,1-2H3,(H,16,18). The Kier molecular flexibility index (Phi) is 5.20. The number of thiazole rings is 1. The highest BCUT2D eigenvalue weighted by Gasteiger charge is 2.15. The summed E-state index contributed by atoms with van der Waals surface area (Å²) in [6.07, 6.45) is 4.27. The van der Waals surface area contributed by atoms with Gasteiger partial charge in [0.15, 0.2) is 0 Å². The molecule has 2 aromatic heterocycles. The molecule has 0 aliphatic carbocycles. The fraction of sp³-hybridized carbons (Fsp3) is 0.357. The largest absolute Gasteiger partial charge is 0.385 e. The van der Waals surface area contributed by atoms with Crippen LogP contribution in [0.3, 0.4) is 0 Å². The fourth-order valence-electron chi connectivity index (χ4n) is 1.72. The molecule has 20 heavy (non-hydrogen) atoms. The fourth-order valence-corrected chi connectivity index (χ4v) is 2.69. The normalized spacial score (nSPS) is 10.5. The van der Waals surface area contributed by atoms with Gasteiger partial charge < -0.3 is 10.1 Å². The summed E-state index contributed by atoms with van der Waals surface area (Å²) in [5.41, 5.74) is 1.68. The number of rotatable bonds is 6. The highest BCUT2D eigenvalue weighted by Crippen LogP contribution is 2.27. The first-order valence-corrected chi connectivity index (χ1v) is 7.19. The first-order valence-electron chi connectivity index (χ1n) is 6.37. The van der Waals surface area contributed by atoms with Gasteiger partial charge in [0.05, 0.1) is 5.69 Å². The van der Waals surface area contributed by atoms with E-state index in [1.165, 1.54) is 11.3 Å². The number of pyridine rings is 1. The van der Waals surface area contributed by atoms with Gasteiger partial charge in [0, 0.05) is 38.2 Å². The van der Waals surface area contributed by atoms with Gasteiger partial charge in [0.1, 0.15) is 9.88 Å². The maximum atomic E-state index is 12.1. The van der Waals surface area contributed by atoms with Crippen LogP contribution < -0.4 is 5.32 Å². The van der Waals surface area contributed by atoms with Gasteiger partial charge in [-0.2, -0.15) is 0 Å². The van der Waals surface area contributed by atoms with E-state index in [2.05, 4.69) is 15.3 Å². The van der Waals surface area contributed by atoms with Crippen LogP contribution in [-0.4, -0.2) is 36.1 Å². The maximum Gasteiger partial charge on any atom is 0.263 e. The molecular weight excluding hydrogens is 274 g/mol. The van der Waals surface area contributed by atoms with Crippen molar-refractivity contribution in [2.75, 3.05) is 20.3 Å². The van der Waals surface area contributed by atoms with Crippen molar-refractivity contribution < 1.29 is 9.53 Å². The van der Waals surface area contributed by atoms with E-state index in [0.29, 0.717) is 18.0 Å². The van der Waals surface area contributed by atoms with Crippen molar-refractivity contribution in [1.82, 2.24) is 15.3 Å². The van der Waals surface area contributed by atoms with Gasteiger partial charge in [0.2, 0.25) is 0 Å². The molecule has 0 radical (unpaired) electrons. The van der Waals surface area contributed by atoms with Gasteiger partial charge in [0.25, 0.3) is 5.91 Å². The molecule has 0 fully saturated rings. The molecular formula is C14H17N3O2S. The first kappa shape index (κ1) is 14.6. The van der Waals surface area contributed by atoms with E-state index in [-0.39, 0.29) is 5.91 Å². The number of aryl methyl sites for hydroxylation is 1. The van der Waals surface area contributed by atoms with Crippen LogP contribution in [0.2, 0.25) is 0 Å². The molecule has 0 atom stereocenters. The van der Waals surface area contributed by atoms with E-state index in [4.69, 9.17) is 4.74 Å². The van der Waals surface area contributed by atoms with Crippen molar-refractivity contribution >= 4 is 17.2 Å². The quantitative estimate of drug-likeness (QED) is 0.829. The van der Waals surface area contributed by atoms with Crippen LogP contribution in [0.25, 0.3) is 10.6 Å². The lowest BCUT2D eigenvalue weighted by Gasteiger charge is -2.02. The minimum absolute atomic E-state index is 0.0776. The molecule has 0 aliphatic rings. The van der Waals surface area contributed by atoms with E-state index in [9.17, 15) is 4.79 Å². The lowest BCUT2D eigenvalue weighted by Crippen LogP contribution is -2.24. The molecule has 0 aromatic carbocycles. The second kappa shape index (κ2) is 7.12. The van der Waals surface area contributed by atoms with E-state index in [1.54, 1.807) is 19.5 Å². The Balaban J connectivity index is 2.06. The average molecular weight is 291 g/mol. The average Bonchev–Trinajstić information content (AvgIpc) is 2.86.